The number of likely N-dealkylation sites (N-methyl/N-ethyl adjacent to an activating group) is 1. The number of hydrogen-bond acceptors (Lipinski definition) is 4. The van der Waals surface area contributed by atoms with Crippen LogP contribution < -0.4 is 10.6 Å². The number of oxazole rings is 1. The highest BCUT2D eigenvalue weighted by atomic mass is 16.3. The minimum absolute atomic E-state index is 0.645. The fourth-order valence-corrected chi connectivity index (χ4v) is 1.59. The van der Waals surface area contributed by atoms with Gasteiger partial charge < -0.3 is 15.1 Å². The molecule has 0 saturated heterocycles. The van der Waals surface area contributed by atoms with Gasteiger partial charge in [-0.15, -0.1) is 0 Å². The number of benzene rings is 1. The van der Waals surface area contributed by atoms with Crippen LogP contribution in [0.25, 0.3) is 11.1 Å². The number of fused-ring (bicyclic) bond motifs is 1. The minimum atomic E-state index is 0.645. The normalized spacial score (nSPS) is 10.9. The summed E-state index contributed by atoms with van der Waals surface area (Å²) in [4.78, 5) is 6.39. The molecule has 1 aromatic heterocycles. The van der Waals surface area contributed by atoms with Crippen LogP contribution in [0.15, 0.2) is 22.6 Å². The van der Waals surface area contributed by atoms with E-state index in [0.29, 0.717) is 12.4 Å². The molecule has 4 nitrogen and oxygen atoms in total. The third-order valence-corrected chi connectivity index (χ3v) is 2.38. The minimum Gasteiger partial charge on any atom is -0.441 e. The van der Waals surface area contributed by atoms with E-state index in [2.05, 4.69) is 9.88 Å². The first kappa shape index (κ1) is 9.98. The summed E-state index contributed by atoms with van der Waals surface area (Å²) in [5.41, 5.74) is 8.35. The van der Waals surface area contributed by atoms with E-state index in [-0.39, 0.29) is 0 Å². The maximum Gasteiger partial charge on any atom is 0.192 e. The van der Waals surface area contributed by atoms with E-state index < -0.39 is 0 Å². The molecule has 0 atom stereocenters. The van der Waals surface area contributed by atoms with Crippen LogP contribution in [-0.2, 0) is 0 Å². The van der Waals surface area contributed by atoms with Gasteiger partial charge in [0.05, 0.1) is 0 Å². The highest BCUT2D eigenvalue weighted by Gasteiger charge is 2.05. The van der Waals surface area contributed by atoms with Crippen molar-refractivity contribution in [1.82, 2.24) is 4.98 Å². The molecule has 0 spiro atoms. The predicted molar refractivity (Wildman–Crippen MR) is 61.1 cm³/mol. The first-order chi connectivity index (χ1) is 7.20. The summed E-state index contributed by atoms with van der Waals surface area (Å²) >= 11 is 0. The van der Waals surface area contributed by atoms with Gasteiger partial charge in [0.2, 0.25) is 0 Å². The van der Waals surface area contributed by atoms with E-state index >= 15 is 0 Å². The Labute approximate surface area is 88.7 Å². The van der Waals surface area contributed by atoms with E-state index in [4.69, 9.17) is 10.2 Å². The summed E-state index contributed by atoms with van der Waals surface area (Å²) in [6.45, 7) is 3.33. The standard InChI is InChI=1S/C11H15N3O/c1-8-13-10-7-9(14(2)6-5-12)3-4-11(10)15-8/h3-4,7H,5-6,12H2,1-2H3. The summed E-state index contributed by atoms with van der Waals surface area (Å²) in [5, 5.41) is 0. The van der Waals surface area contributed by atoms with Crippen LogP contribution in [0, 0.1) is 6.92 Å². The Morgan fingerprint density at radius 2 is 2.27 bits per heavy atom. The van der Waals surface area contributed by atoms with Gasteiger partial charge in [-0.2, -0.15) is 0 Å². The lowest BCUT2D eigenvalue weighted by molar-refractivity contribution is 0.561. The zero-order chi connectivity index (χ0) is 10.8. The third kappa shape index (κ3) is 1.94. The topological polar surface area (TPSA) is 55.3 Å². The molecule has 1 aromatic carbocycles. The second kappa shape index (κ2) is 3.90. The highest BCUT2D eigenvalue weighted by molar-refractivity contribution is 5.77. The van der Waals surface area contributed by atoms with Crippen LogP contribution in [0.2, 0.25) is 0 Å². The van der Waals surface area contributed by atoms with Crippen LogP contribution in [0.4, 0.5) is 5.69 Å². The van der Waals surface area contributed by atoms with Crippen molar-refractivity contribution in [3.8, 4) is 0 Å². The van der Waals surface area contributed by atoms with Crippen molar-refractivity contribution in [2.75, 3.05) is 25.0 Å². The molecule has 0 saturated carbocycles. The van der Waals surface area contributed by atoms with Crippen molar-refractivity contribution in [3.63, 3.8) is 0 Å². The van der Waals surface area contributed by atoms with Gasteiger partial charge in [-0.05, 0) is 18.2 Å². The quantitative estimate of drug-likeness (QED) is 0.825. The van der Waals surface area contributed by atoms with Gasteiger partial charge in [0.1, 0.15) is 5.52 Å². The summed E-state index contributed by atoms with van der Waals surface area (Å²) < 4.78 is 5.41. The van der Waals surface area contributed by atoms with Crippen molar-refractivity contribution in [2.45, 2.75) is 6.92 Å². The molecule has 0 aliphatic carbocycles. The highest BCUT2D eigenvalue weighted by Crippen LogP contribution is 2.21. The number of rotatable bonds is 3. The zero-order valence-corrected chi connectivity index (χ0v) is 9.03. The smallest absolute Gasteiger partial charge is 0.192 e. The average Bonchev–Trinajstić information content (AvgIpc) is 2.57. The summed E-state index contributed by atoms with van der Waals surface area (Å²) in [7, 11) is 2.01. The van der Waals surface area contributed by atoms with Gasteiger partial charge in [-0.3, -0.25) is 0 Å². The monoisotopic (exact) mass is 205 g/mol. The van der Waals surface area contributed by atoms with Gasteiger partial charge in [-0.1, -0.05) is 0 Å². The molecule has 80 valence electrons. The second-order valence-electron chi connectivity index (χ2n) is 3.60. The van der Waals surface area contributed by atoms with E-state index in [9.17, 15) is 0 Å². The molecular weight excluding hydrogens is 190 g/mol. The number of nitrogens with two attached hydrogens (primary N) is 1. The van der Waals surface area contributed by atoms with Crippen molar-refractivity contribution in [2.24, 2.45) is 5.73 Å². The molecule has 2 rings (SSSR count). The number of anilines is 1. The van der Waals surface area contributed by atoms with Crippen LogP contribution in [0.5, 0.6) is 0 Å². The Morgan fingerprint density at radius 3 is 3.00 bits per heavy atom. The summed E-state index contributed by atoms with van der Waals surface area (Å²) in [6, 6.07) is 5.97. The Morgan fingerprint density at radius 1 is 1.47 bits per heavy atom. The largest absolute Gasteiger partial charge is 0.441 e. The average molecular weight is 205 g/mol. The Hall–Kier alpha value is -1.55. The number of aryl methyl sites for hydroxylation is 1. The van der Waals surface area contributed by atoms with Gasteiger partial charge in [-0.25, -0.2) is 4.98 Å². The Kier molecular flexibility index (Phi) is 2.60. The molecule has 15 heavy (non-hydrogen) atoms. The predicted octanol–water partition coefficient (Wildman–Crippen LogP) is 1.53. The molecule has 0 unspecified atom stereocenters. The van der Waals surface area contributed by atoms with Gasteiger partial charge in [0.15, 0.2) is 11.5 Å². The summed E-state index contributed by atoms with van der Waals surface area (Å²) in [6.07, 6.45) is 0. The van der Waals surface area contributed by atoms with Crippen LogP contribution in [0.3, 0.4) is 0 Å². The Bertz CT molecular complexity index is 464. The molecule has 0 bridgehead atoms. The van der Waals surface area contributed by atoms with E-state index in [1.807, 2.05) is 32.2 Å². The number of aromatic nitrogens is 1. The lowest BCUT2D eigenvalue weighted by atomic mass is 10.2. The van der Waals surface area contributed by atoms with Crippen molar-refractivity contribution >= 4 is 16.8 Å². The molecule has 2 aromatic rings. The number of hydrogen-bond donors (Lipinski definition) is 1. The van der Waals surface area contributed by atoms with E-state index in [1.54, 1.807) is 0 Å². The SMILES string of the molecule is Cc1nc2cc(N(C)CCN)ccc2o1. The molecule has 0 amide bonds. The van der Waals surface area contributed by atoms with E-state index in [0.717, 1.165) is 23.3 Å². The molecule has 2 N–H and O–H groups in total. The first-order valence-electron chi connectivity index (χ1n) is 4.99. The fraction of sp³-hybridized carbons (Fsp3) is 0.364. The lowest BCUT2D eigenvalue weighted by Gasteiger charge is -2.17. The molecule has 0 radical (unpaired) electrons. The third-order valence-electron chi connectivity index (χ3n) is 2.38. The zero-order valence-electron chi connectivity index (χ0n) is 9.03. The number of nitrogens with zero attached hydrogens (tertiary/aromatic N) is 2. The van der Waals surface area contributed by atoms with Crippen LogP contribution >= 0.6 is 0 Å². The molecule has 4 heteroatoms. The van der Waals surface area contributed by atoms with Crippen LogP contribution in [0.1, 0.15) is 5.89 Å². The van der Waals surface area contributed by atoms with Gasteiger partial charge in [0.25, 0.3) is 0 Å². The first-order valence-corrected chi connectivity index (χ1v) is 4.99. The van der Waals surface area contributed by atoms with E-state index in [1.165, 1.54) is 0 Å². The van der Waals surface area contributed by atoms with Crippen molar-refractivity contribution in [1.29, 1.82) is 0 Å². The molecule has 0 aliphatic rings. The molecule has 0 aliphatic heterocycles. The van der Waals surface area contributed by atoms with Gasteiger partial charge in [0, 0.05) is 32.7 Å². The van der Waals surface area contributed by atoms with Crippen LogP contribution in [-0.4, -0.2) is 25.1 Å². The molecule has 1 heterocycles. The maximum absolute atomic E-state index is 5.51. The van der Waals surface area contributed by atoms with Gasteiger partial charge >= 0.3 is 0 Å². The summed E-state index contributed by atoms with van der Waals surface area (Å²) in [5.74, 6) is 0.698. The van der Waals surface area contributed by atoms with Crippen molar-refractivity contribution in [3.05, 3.63) is 24.1 Å². The maximum atomic E-state index is 5.51. The fourth-order valence-electron chi connectivity index (χ4n) is 1.59. The molecular formula is C11H15N3O. The Balaban J connectivity index is 2.37. The lowest BCUT2D eigenvalue weighted by Crippen LogP contribution is -2.24. The van der Waals surface area contributed by atoms with Crippen molar-refractivity contribution < 1.29 is 4.42 Å². The second-order valence-corrected chi connectivity index (χ2v) is 3.60. The molecule has 0 fully saturated rings.